The molecular weight excluding hydrogens is 304 g/mol. The largest absolute Gasteiger partial charge is 0.359 e. The molecule has 4 aromatic rings. The van der Waals surface area contributed by atoms with Crippen LogP contribution in [-0.2, 0) is 11.1 Å². The second-order valence-electron chi connectivity index (χ2n) is 4.99. The fraction of sp³-hybridized carbons (Fsp3) is 0.0667. The molecule has 0 aliphatic rings. The Kier molecular flexibility index (Phi) is 2.96. The van der Waals surface area contributed by atoms with E-state index in [4.69, 9.17) is 4.52 Å². The van der Waals surface area contributed by atoms with Crippen LogP contribution in [0.2, 0.25) is 0 Å². The molecule has 0 saturated heterocycles. The number of hydrogen-bond donors (Lipinski definition) is 1. The fourth-order valence-corrected chi connectivity index (χ4v) is 2.98. The Balaban J connectivity index is 2.31. The Labute approximate surface area is 126 Å². The number of pyridine rings is 2. The van der Waals surface area contributed by atoms with Gasteiger partial charge in [0.05, 0.1) is 23.2 Å². The Morgan fingerprint density at radius 1 is 1.32 bits per heavy atom. The van der Waals surface area contributed by atoms with Crippen molar-refractivity contribution >= 4 is 36.8 Å². The summed E-state index contributed by atoms with van der Waals surface area (Å²) in [6.45, 7) is 0.333. The minimum atomic E-state index is -0.388. The highest BCUT2D eigenvalue weighted by Gasteiger charge is 2.14. The molecule has 0 fully saturated rings. The van der Waals surface area contributed by atoms with Crippen molar-refractivity contribution in [1.29, 1.82) is 0 Å². The number of halogens is 1. The number of aromatic amines is 1. The van der Waals surface area contributed by atoms with Gasteiger partial charge in [0.2, 0.25) is 0 Å². The van der Waals surface area contributed by atoms with Crippen LogP contribution >= 0.6 is 9.47 Å². The molecule has 0 radical (unpaired) electrons. The number of rotatable bonds is 2. The molecule has 3 aromatic heterocycles. The summed E-state index contributed by atoms with van der Waals surface area (Å²) in [5.41, 5.74) is 1.82. The minimum absolute atomic E-state index is 0.257. The van der Waals surface area contributed by atoms with Crippen molar-refractivity contribution in [2.45, 2.75) is 6.61 Å². The molecule has 5 nitrogen and oxygen atoms in total. The van der Waals surface area contributed by atoms with E-state index < -0.39 is 0 Å². The zero-order valence-corrected chi connectivity index (χ0v) is 12.5. The number of benzene rings is 1. The van der Waals surface area contributed by atoms with Crippen LogP contribution in [0.3, 0.4) is 0 Å². The quantitative estimate of drug-likeness (QED) is 0.457. The Hall–Kier alpha value is -2.30. The molecule has 0 spiro atoms. The van der Waals surface area contributed by atoms with Crippen LogP contribution in [0.25, 0.3) is 27.3 Å². The van der Waals surface area contributed by atoms with Gasteiger partial charge in [0.1, 0.15) is 11.5 Å². The van der Waals surface area contributed by atoms with Crippen LogP contribution < -0.4 is 5.56 Å². The van der Waals surface area contributed by atoms with E-state index in [1.54, 1.807) is 18.3 Å². The summed E-state index contributed by atoms with van der Waals surface area (Å²) in [7, 11) is 2.18. The monoisotopic (exact) mass is 315 g/mol. The van der Waals surface area contributed by atoms with Gasteiger partial charge in [-0.05, 0) is 24.3 Å². The van der Waals surface area contributed by atoms with Crippen molar-refractivity contribution in [3.63, 3.8) is 0 Å². The second-order valence-corrected chi connectivity index (χ2v) is 5.33. The molecule has 1 unspecified atom stereocenters. The average Bonchev–Trinajstić information content (AvgIpc) is 2.91. The van der Waals surface area contributed by atoms with Gasteiger partial charge in [-0.2, -0.15) is 0 Å². The first-order valence-electron chi connectivity index (χ1n) is 6.61. The first-order chi connectivity index (χ1) is 10.7. The van der Waals surface area contributed by atoms with Gasteiger partial charge >= 0.3 is 0 Å². The van der Waals surface area contributed by atoms with E-state index >= 15 is 0 Å². The summed E-state index contributed by atoms with van der Waals surface area (Å²) < 4.78 is 20.5. The molecule has 1 atom stereocenters. The summed E-state index contributed by atoms with van der Waals surface area (Å²) in [5, 5.41) is 1.72. The summed E-state index contributed by atoms with van der Waals surface area (Å²) in [6, 6.07) is 6.16. The first-order valence-corrected chi connectivity index (χ1v) is 7.08. The van der Waals surface area contributed by atoms with E-state index in [1.165, 1.54) is 12.1 Å². The number of imidazole rings is 1. The van der Waals surface area contributed by atoms with Gasteiger partial charge in [-0.3, -0.25) is 9.20 Å². The van der Waals surface area contributed by atoms with E-state index in [0.717, 1.165) is 11.1 Å². The van der Waals surface area contributed by atoms with Crippen molar-refractivity contribution in [2.75, 3.05) is 0 Å². The second kappa shape index (κ2) is 4.87. The third-order valence-electron chi connectivity index (χ3n) is 3.68. The molecule has 0 amide bonds. The number of nitrogens with zero attached hydrogens (tertiary/aromatic N) is 2. The van der Waals surface area contributed by atoms with Crippen LogP contribution in [0.1, 0.15) is 5.69 Å². The molecule has 0 aliphatic carbocycles. The van der Waals surface area contributed by atoms with Crippen LogP contribution in [0.15, 0.2) is 41.5 Å². The van der Waals surface area contributed by atoms with Crippen molar-refractivity contribution < 1.29 is 8.91 Å². The average molecular weight is 315 g/mol. The van der Waals surface area contributed by atoms with Crippen molar-refractivity contribution in [3.05, 3.63) is 58.5 Å². The van der Waals surface area contributed by atoms with E-state index in [0.29, 0.717) is 28.5 Å². The standard InChI is InChI=1S/C15H11FN3O2P/c16-8-1-2-10-11(5-8)13-12(3-4-17-15(13)20)19-6-9(7-21-22)18-14(10)19/h1-6H,7,22H2,(H,17,20). The number of H-pyrrole nitrogens is 1. The molecule has 22 heavy (non-hydrogen) atoms. The summed E-state index contributed by atoms with van der Waals surface area (Å²) in [6.07, 6.45) is 3.39. The van der Waals surface area contributed by atoms with Crippen LogP contribution in [0, 0.1) is 5.82 Å². The number of hydrogen-bond acceptors (Lipinski definition) is 3. The lowest BCUT2D eigenvalue weighted by molar-refractivity contribution is 0.356. The molecule has 1 N–H and O–H groups in total. The molecule has 7 heteroatoms. The van der Waals surface area contributed by atoms with Crippen molar-refractivity contribution in [2.24, 2.45) is 0 Å². The zero-order valence-electron chi connectivity index (χ0n) is 11.3. The van der Waals surface area contributed by atoms with Crippen LogP contribution in [0.4, 0.5) is 4.39 Å². The van der Waals surface area contributed by atoms with Gasteiger partial charge in [0.15, 0.2) is 0 Å². The number of nitrogens with one attached hydrogen (secondary N) is 1. The lowest BCUT2D eigenvalue weighted by Crippen LogP contribution is -2.07. The highest BCUT2D eigenvalue weighted by Crippen LogP contribution is 2.28. The van der Waals surface area contributed by atoms with Crippen LogP contribution in [0.5, 0.6) is 0 Å². The van der Waals surface area contributed by atoms with Gasteiger partial charge in [-0.15, -0.1) is 0 Å². The maximum atomic E-state index is 13.7. The highest BCUT2D eigenvalue weighted by molar-refractivity contribution is 7.09. The molecule has 0 bridgehead atoms. The lowest BCUT2D eigenvalue weighted by atomic mass is 10.1. The third kappa shape index (κ3) is 1.85. The molecule has 0 aliphatic heterocycles. The maximum Gasteiger partial charge on any atom is 0.257 e. The maximum absolute atomic E-state index is 13.7. The van der Waals surface area contributed by atoms with E-state index in [-0.39, 0.29) is 11.4 Å². The predicted molar refractivity (Wildman–Crippen MR) is 85.3 cm³/mol. The number of fused-ring (bicyclic) bond motifs is 6. The molecule has 1 aromatic carbocycles. The Morgan fingerprint density at radius 2 is 2.18 bits per heavy atom. The van der Waals surface area contributed by atoms with Crippen LogP contribution in [-0.4, -0.2) is 14.4 Å². The summed E-state index contributed by atoms with van der Waals surface area (Å²) >= 11 is 0. The molecule has 3 heterocycles. The number of aromatic nitrogens is 3. The van der Waals surface area contributed by atoms with Crippen molar-refractivity contribution in [1.82, 2.24) is 14.4 Å². The highest BCUT2D eigenvalue weighted by atomic mass is 31.0. The smallest absolute Gasteiger partial charge is 0.257 e. The zero-order chi connectivity index (χ0) is 15.3. The molecule has 4 rings (SSSR count). The first kappa shape index (κ1) is 13.4. The molecule has 0 saturated carbocycles. The lowest BCUT2D eigenvalue weighted by Gasteiger charge is -2.07. The topological polar surface area (TPSA) is 59.4 Å². The third-order valence-corrected chi connectivity index (χ3v) is 3.84. The van der Waals surface area contributed by atoms with Crippen molar-refractivity contribution in [3.8, 4) is 0 Å². The van der Waals surface area contributed by atoms with E-state index in [9.17, 15) is 9.18 Å². The SMILES string of the molecule is O=c1[nH]ccc2c1c1cc(F)ccc1c1nc(COP)cn21. The molecule has 110 valence electrons. The molecular formula is C15H11FN3O2P. The van der Waals surface area contributed by atoms with Gasteiger partial charge in [0, 0.05) is 32.6 Å². The summed E-state index contributed by atoms with van der Waals surface area (Å²) in [5.74, 6) is -0.388. The predicted octanol–water partition coefficient (Wildman–Crippen LogP) is 2.77. The fourth-order valence-electron chi connectivity index (χ4n) is 2.80. The summed E-state index contributed by atoms with van der Waals surface area (Å²) in [4.78, 5) is 19.4. The normalized spacial score (nSPS) is 11.7. The Morgan fingerprint density at radius 3 is 3.00 bits per heavy atom. The van der Waals surface area contributed by atoms with Gasteiger partial charge in [0.25, 0.3) is 5.56 Å². The van der Waals surface area contributed by atoms with Gasteiger partial charge in [-0.1, -0.05) is 0 Å². The van der Waals surface area contributed by atoms with Gasteiger partial charge in [-0.25, -0.2) is 9.37 Å². The Bertz CT molecular complexity index is 1090. The van der Waals surface area contributed by atoms with Gasteiger partial charge < -0.3 is 9.51 Å². The van der Waals surface area contributed by atoms with E-state index in [1.807, 2.05) is 10.6 Å². The minimum Gasteiger partial charge on any atom is -0.359 e. The van der Waals surface area contributed by atoms with E-state index in [2.05, 4.69) is 19.4 Å².